The van der Waals surface area contributed by atoms with E-state index in [2.05, 4.69) is 9.97 Å². The van der Waals surface area contributed by atoms with Crippen LogP contribution in [0.15, 0.2) is 24.5 Å². The summed E-state index contributed by atoms with van der Waals surface area (Å²) in [5, 5.41) is 10.5. The van der Waals surface area contributed by atoms with Crippen LogP contribution in [0, 0.1) is 0 Å². The van der Waals surface area contributed by atoms with Crippen LogP contribution in [0.1, 0.15) is 0 Å². The molecule has 0 amide bonds. The fourth-order valence-corrected chi connectivity index (χ4v) is 2.34. The minimum absolute atomic E-state index is 0.205. The number of nitrogen functional groups attached to an aromatic ring is 1. The number of carbonyl (C=O) groups is 1. The first-order valence-electron chi connectivity index (χ1n) is 5.90. The van der Waals surface area contributed by atoms with Gasteiger partial charge in [0.15, 0.2) is 0 Å². The highest BCUT2D eigenvalue weighted by molar-refractivity contribution is 6.11. The van der Waals surface area contributed by atoms with Crippen molar-refractivity contribution in [2.75, 3.05) is 12.8 Å². The van der Waals surface area contributed by atoms with Gasteiger partial charge in [0.1, 0.15) is 30.1 Å². The smallest absolute Gasteiger partial charge is 0.323 e. The first kappa shape index (κ1) is 12.2. The van der Waals surface area contributed by atoms with E-state index in [-0.39, 0.29) is 6.54 Å². The van der Waals surface area contributed by atoms with Gasteiger partial charge in [0.05, 0.1) is 18.0 Å². The maximum Gasteiger partial charge on any atom is 0.323 e. The van der Waals surface area contributed by atoms with Gasteiger partial charge in [0.2, 0.25) is 0 Å². The van der Waals surface area contributed by atoms with Crippen molar-refractivity contribution in [2.45, 2.75) is 6.54 Å². The number of methoxy groups -OCH3 is 1. The van der Waals surface area contributed by atoms with E-state index in [0.29, 0.717) is 28.1 Å². The van der Waals surface area contributed by atoms with Crippen LogP contribution in [-0.4, -0.2) is 32.7 Å². The van der Waals surface area contributed by atoms with Gasteiger partial charge in [0.25, 0.3) is 0 Å². The van der Waals surface area contributed by atoms with Crippen molar-refractivity contribution in [2.24, 2.45) is 0 Å². The Morgan fingerprint density at radius 1 is 1.45 bits per heavy atom. The zero-order valence-electron chi connectivity index (χ0n) is 10.7. The third-order valence-electron chi connectivity index (χ3n) is 3.17. The van der Waals surface area contributed by atoms with Crippen molar-refractivity contribution in [3.63, 3.8) is 0 Å². The first-order valence-corrected chi connectivity index (χ1v) is 5.90. The second-order valence-electron chi connectivity index (χ2n) is 4.32. The van der Waals surface area contributed by atoms with Gasteiger partial charge >= 0.3 is 5.97 Å². The molecule has 2 aromatic heterocycles. The highest BCUT2D eigenvalue weighted by atomic mass is 16.5. The van der Waals surface area contributed by atoms with Gasteiger partial charge in [0, 0.05) is 11.5 Å². The number of fused-ring (bicyclic) bond motifs is 3. The van der Waals surface area contributed by atoms with E-state index in [4.69, 9.17) is 15.6 Å². The predicted octanol–water partition coefficient (Wildman–Crippen LogP) is 1.26. The quantitative estimate of drug-likeness (QED) is 0.744. The largest absolute Gasteiger partial charge is 0.497 e. The van der Waals surface area contributed by atoms with E-state index >= 15 is 0 Å². The summed E-state index contributed by atoms with van der Waals surface area (Å²) in [6, 6.07) is 5.38. The molecule has 2 heterocycles. The van der Waals surface area contributed by atoms with Crippen molar-refractivity contribution in [3.05, 3.63) is 24.5 Å². The van der Waals surface area contributed by atoms with Gasteiger partial charge in [-0.1, -0.05) is 0 Å². The molecular weight excluding hydrogens is 260 g/mol. The zero-order chi connectivity index (χ0) is 14.3. The number of carboxylic acids is 1. The number of carboxylic acid groups (broad SMARTS) is 1. The van der Waals surface area contributed by atoms with E-state index in [1.807, 2.05) is 6.07 Å². The third-order valence-corrected chi connectivity index (χ3v) is 3.17. The molecule has 0 spiro atoms. The summed E-state index contributed by atoms with van der Waals surface area (Å²) in [5.74, 6) is 0.0107. The van der Waals surface area contributed by atoms with E-state index in [9.17, 15) is 4.79 Å². The fraction of sp³-hybridized carbons (Fsp3) is 0.154. The second-order valence-corrected chi connectivity index (χ2v) is 4.32. The molecule has 7 heteroatoms. The van der Waals surface area contributed by atoms with Gasteiger partial charge < -0.3 is 20.1 Å². The van der Waals surface area contributed by atoms with Crippen molar-refractivity contribution in [1.29, 1.82) is 0 Å². The minimum atomic E-state index is -0.955. The summed E-state index contributed by atoms with van der Waals surface area (Å²) in [5.41, 5.74) is 7.10. The Hall–Kier alpha value is -2.83. The zero-order valence-corrected chi connectivity index (χ0v) is 10.7. The molecule has 3 N–H and O–H groups in total. The molecule has 3 rings (SSSR count). The minimum Gasteiger partial charge on any atom is -0.497 e. The molecule has 0 radical (unpaired) electrons. The van der Waals surface area contributed by atoms with Gasteiger partial charge in [-0.25, -0.2) is 9.97 Å². The van der Waals surface area contributed by atoms with Crippen LogP contribution < -0.4 is 10.5 Å². The standard InChI is InChI=1S/C13H12N4O3/c1-20-7-2-3-8-9(4-7)17(5-10(18)19)13-11(8)12(14)15-6-16-13/h2-4,6H,5H2,1H3,(H,18,19)(H2,14,15,16). The van der Waals surface area contributed by atoms with Crippen LogP contribution in [-0.2, 0) is 11.3 Å². The summed E-state index contributed by atoms with van der Waals surface area (Å²) in [4.78, 5) is 19.2. The molecule has 0 aliphatic rings. The molecule has 0 saturated heterocycles. The normalized spacial score (nSPS) is 11.1. The topological polar surface area (TPSA) is 103 Å². The summed E-state index contributed by atoms with van der Waals surface area (Å²) < 4.78 is 6.77. The number of rotatable bonds is 3. The Labute approximate surface area is 113 Å². The Bertz CT molecular complexity index is 825. The van der Waals surface area contributed by atoms with Gasteiger partial charge in [-0.3, -0.25) is 4.79 Å². The maximum atomic E-state index is 11.1. The number of aromatic nitrogens is 3. The van der Waals surface area contributed by atoms with Crippen LogP contribution in [0.5, 0.6) is 5.75 Å². The molecule has 0 atom stereocenters. The van der Waals surface area contributed by atoms with Crippen LogP contribution >= 0.6 is 0 Å². The van der Waals surface area contributed by atoms with E-state index in [1.165, 1.54) is 6.33 Å². The Balaban J connectivity index is 2.46. The number of hydrogen-bond donors (Lipinski definition) is 2. The predicted molar refractivity (Wildman–Crippen MR) is 73.6 cm³/mol. The Morgan fingerprint density at radius 2 is 2.25 bits per heavy atom. The molecule has 7 nitrogen and oxygen atoms in total. The number of anilines is 1. The summed E-state index contributed by atoms with van der Waals surface area (Å²) in [6.45, 7) is -0.205. The SMILES string of the molecule is COc1ccc2c3c(N)ncnc3n(CC(=O)O)c2c1. The van der Waals surface area contributed by atoms with Crippen LogP contribution in [0.25, 0.3) is 21.9 Å². The summed E-state index contributed by atoms with van der Waals surface area (Å²) >= 11 is 0. The van der Waals surface area contributed by atoms with Crippen molar-refractivity contribution in [3.8, 4) is 5.75 Å². The highest BCUT2D eigenvalue weighted by Crippen LogP contribution is 2.32. The average Bonchev–Trinajstić information content (AvgIpc) is 2.73. The van der Waals surface area contributed by atoms with Crippen molar-refractivity contribution >= 4 is 33.7 Å². The second kappa shape index (κ2) is 4.37. The molecule has 0 bridgehead atoms. The van der Waals surface area contributed by atoms with Gasteiger partial charge in [-0.15, -0.1) is 0 Å². The lowest BCUT2D eigenvalue weighted by molar-refractivity contribution is -0.137. The molecule has 20 heavy (non-hydrogen) atoms. The van der Waals surface area contributed by atoms with E-state index in [0.717, 1.165) is 5.39 Å². The lowest BCUT2D eigenvalue weighted by Gasteiger charge is -2.04. The van der Waals surface area contributed by atoms with Crippen LogP contribution in [0.4, 0.5) is 5.82 Å². The number of ether oxygens (including phenoxy) is 1. The van der Waals surface area contributed by atoms with Crippen LogP contribution in [0.2, 0.25) is 0 Å². The van der Waals surface area contributed by atoms with Gasteiger partial charge in [-0.05, 0) is 12.1 Å². The lowest BCUT2D eigenvalue weighted by Crippen LogP contribution is -2.09. The maximum absolute atomic E-state index is 11.1. The molecule has 0 fully saturated rings. The molecule has 3 aromatic rings. The number of nitrogens with zero attached hydrogens (tertiary/aromatic N) is 3. The van der Waals surface area contributed by atoms with E-state index < -0.39 is 5.97 Å². The van der Waals surface area contributed by atoms with Crippen LogP contribution in [0.3, 0.4) is 0 Å². The lowest BCUT2D eigenvalue weighted by atomic mass is 10.2. The average molecular weight is 272 g/mol. The molecular formula is C13H12N4O3. The molecule has 0 saturated carbocycles. The summed E-state index contributed by atoms with van der Waals surface area (Å²) in [7, 11) is 1.56. The molecule has 0 aliphatic heterocycles. The number of benzene rings is 1. The number of nitrogens with two attached hydrogens (primary N) is 1. The summed E-state index contributed by atoms with van der Waals surface area (Å²) in [6.07, 6.45) is 1.33. The Morgan fingerprint density at radius 3 is 2.95 bits per heavy atom. The first-order chi connectivity index (χ1) is 9.61. The van der Waals surface area contributed by atoms with Crippen molar-refractivity contribution in [1.82, 2.24) is 14.5 Å². The third kappa shape index (κ3) is 1.71. The van der Waals surface area contributed by atoms with Gasteiger partial charge in [-0.2, -0.15) is 0 Å². The highest BCUT2D eigenvalue weighted by Gasteiger charge is 2.16. The molecule has 0 unspecified atom stereocenters. The molecule has 0 aliphatic carbocycles. The van der Waals surface area contributed by atoms with Crippen molar-refractivity contribution < 1.29 is 14.6 Å². The number of hydrogen-bond acceptors (Lipinski definition) is 5. The Kier molecular flexibility index (Phi) is 2.67. The van der Waals surface area contributed by atoms with E-state index in [1.54, 1.807) is 23.8 Å². The number of aliphatic carboxylic acids is 1. The monoisotopic (exact) mass is 272 g/mol. The fourth-order valence-electron chi connectivity index (χ4n) is 2.34. The molecule has 102 valence electrons. The molecule has 1 aromatic carbocycles.